The number of nitrogens with two attached hydrogens (primary N) is 1. The van der Waals surface area contributed by atoms with Crippen LogP contribution in [0.5, 0.6) is 0 Å². The Kier molecular flexibility index (Phi) is 5.07. The summed E-state index contributed by atoms with van der Waals surface area (Å²) in [6, 6.07) is 3.12. The maximum absolute atomic E-state index is 12.6. The number of hydrogen-bond donors (Lipinski definition) is 2. The third-order valence-corrected chi connectivity index (χ3v) is 3.03. The zero-order valence-corrected chi connectivity index (χ0v) is 11.1. The van der Waals surface area contributed by atoms with E-state index in [-0.39, 0.29) is 30.8 Å². The number of aliphatic hydroxyl groups excluding tert-OH is 1. The number of nitrogens with zero attached hydrogens (tertiary/aromatic N) is 2. The van der Waals surface area contributed by atoms with E-state index in [0.717, 1.165) is 0 Å². The second kappa shape index (κ2) is 7.01. The van der Waals surface area contributed by atoms with Crippen molar-refractivity contribution < 1.29 is 14.6 Å². The van der Waals surface area contributed by atoms with Gasteiger partial charge in [-0.25, -0.2) is 4.98 Å². The molecule has 0 spiro atoms. The van der Waals surface area contributed by atoms with Gasteiger partial charge in [-0.3, -0.25) is 4.79 Å². The summed E-state index contributed by atoms with van der Waals surface area (Å²) in [7, 11) is 0. The zero-order valence-electron chi connectivity index (χ0n) is 11.1. The predicted molar refractivity (Wildman–Crippen MR) is 72.9 cm³/mol. The first-order valence-corrected chi connectivity index (χ1v) is 6.41. The van der Waals surface area contributed by atoms with Crippen LogP contribution < -0.4 is 5.73 Å². The van der Waals surface area contributed by atoms with Crippen LogP contribution in [0, 0.1) is 11.8 Å². The van der Waals surface area contributed by atoms with Crippen molar-refractivity contribution in [2.75, 3.05) is 32.9 Å². The molecule has 1 aromatic heterocycles. The van der Waals surface area contributed by atoms with Crippen molar-refractivity contribution in [1.82, 2.24) is 9.88 Å². The SMILES string of the molecule is NCC#Cc1cccnc1C(=O)N1CCOCC1CO. The summed E-state index contributed by atoms with van der Waals surface area (Å²) in [5.41, 5.74) is 6.18. The van der Waals surface area contributed by atoms with Crippen molar-refractivity contribution in [2.24, 2.45) is 5.73 Å². The average molecular weight is 275 g/mol. The summed E-state index contributed by atoms with van der Waals surface area (Å²) in [4.78, 5) is 18.3. The van der Waals surface area contributed by atoms with Crippen molar-refractivity contribution in [1.29, 1.82) is 0 Å². The maximum atomic E-state index is 12.6. The van der Waals surface area contributed by atoms with E-state index in [0.29, 0.717) is 25.3 Å². The Morgan fingerprint density at radius 2 is 2.50 bits per heavy atom. The maximum Gasteiger partial charge on any atom is 0.274 e. The third kappa shape index (κ3) is 3.14. The fraction of sp³-hybridized carbons (Fsp3) is 0.429. The van der Waals surface area contributed by atoms with E-state index in [1.165, 1.54) is 0 Å². The summed E-state index contributed by atoms with van der Waals surface area (Å²) in [6.45, 7) is 1.31. The first-order valence-electron chi connectivity index (χ1n) is 6.41. The number of rotatable bonds is 2. The van der Waals surface area contributed by atoms with E-state index in [1.54, 1.807) is 23.2 Å². The molecule has 0 radical (unpaired) electrons. The van der Waals surface area contributed by atoms with Gasteiger partial charge in [-0.2, -0.15) is 0 Å². The number of morpholine rings is 1. The van der Waals surface area contributed by atoms with Gasteiger partial charge >= 0.3 is 0 Å². The molecule has 1 aromatic rings. The largest absolute Gasteiger partial charge is 0.394 e. The summed E-state index contributed by atoms with van der Waals surface area (Å²) in [6.07, 6.45) is 1.55. The minimum absolute atomic E-state index is 0.137. The molecule has 6 heteroatoms. The van der Waals surface area contributed by atoms with E-state index < -0.39 is 0 Å². The van der Waals surface area contributed by atoms with E-state index in [9.17, 15) is 9.90 Å². The Morgan fingerprint density at radius 3 is 3.25 bits per heavy atom. The van der Waals surface area contributed by atoms with Gasteiger partial charge in [0.15, 0.2) is 0 Å². The molecule has 1 aliphatic rings. The lowest BCUT2D eigenvalue weighted by molar-refractivity contribution is -0.0186. The third-order valence-electron chi connectivity index (χ3n) is 3.03. The second-order valence-electron chi connectivity index (χ2n) is 4.32. The molecule has 6 nitrogen and oxygen atoms in total. The smallest absolute Gasteiger partial charge is 0.274 e. The van der Waals surface area contributed by atoms with Crippen LogP contribution in [-0.2, 0) is 4.74 Å². The van der Waals surface area contributed by atoms with Crippen LogP contribution in [-0.4, -0.2) is 59.8 Å². The van der Waals surface area contributed by atoms with Gasteiger partial charge in [0.2, 0.25) is 0 Å². The second-order valence-corrected chi connectivity index (χ2v) is 4.32. The lowest BCUT2D eigenvalue weighted by Crippen LogP contribution is -2.50. The molecule has 0 saturated carbocycles. The number of aliphatic hydroxyl groups is 1. The molecule has 1 aliphatic heterocycles. The van der Waals surface area contributed by atoms with Crippen LogP contribution in [0.3, 0.4) is 0 Å². The zero-order chi connectivity index (χ0) is 14.4. The molecule has 1 atom stereocenters. The van der Waals surface area contributed by atoms with E-state index in [1.807, 2.05) is 0 Å². The lowest BCUT2D eigenvalue weighted by Gasteiger charge is -2.34. The van der Waals surface area contributed by atoms with Gasteiger partial charge in [0, 0.05) is 12.7 Å². The highest BCUT2D eigenvalue weighted by Crippen LogP contribution is 2.13. The van der Waals surface area contributed by atoms with Gasteiger partial charge in [-0.05, 0) is 12.1 Å². The number of aromatic nitrogens is 1. The van der Waals surface area contributed by atoms with Gasteiger partial charge in [0.25, 0.3) is 5.91 Å². The topological polar surface area (TPSA) is 88.7 Å². The Labute approximate surface area is 117 Å². The van der Waals surface area contributed by atoms with Gasteiger partial charge in [0.1, 0.15) is 5.69 Å². The normalized spacial score (nSPS) is 18.3. The molecule has 0 bridgehead atoms. The molecule has 1 saturated heterocycles. The molecule has 1 unspecified atom stereocenters. The summed E-state index contributed by atoms with van der Waals surface area (Å²) in [5, 5.41) is 9.33. The Hall–Kier alpha value is -1.94. The van der Waals surface area contributed by atoms with Gasteiger partial charge in [0.05, 0.1) is 38.0 Å². The highest BCUT2D eigenvalue weighted by atomic mass is 16.5. The van der Waals surface area contributed by atoms with Gasteiger partial charge in [-0.1, -0.05) is 11.8 Å². The number of amides is 1. The quantitative estimate of drug-likeness (QED) is 0.692. The Morgan fingerprint density at radius 1 is 1.65 bits per heavy atom. The number of carbonyl (C=O) groups is 1. The molecule has 0 aromatic carbocycles. The fourth-order valence-corrected chi connectivity index (χ4v) is 2.03. The minimum Gasteiger partial charge on any atom is -0.394 e. The van der Waals surface area contributed by atoms with Crippen molar-refractivity contribution in [3.05, 3.63) is 29.6 Å². The molecule has 0 aliphatic carbocycles. The van der Waals surface area contributed by atoms with Gasteiger partial charge in [-0.15, -0.1) is 0 Å². The Balaban J connectivity index is 2.28. The summed E-state index contributed by atoms with van der Waals surface area (Å²) in [5.74, 6) is 5.33. The van der Waals surface area contributed by atoms with Crippen molar-refractivity contribution in [3.8, 4) is 11.8 Å². The van der Waals surface area contributed by atoms with Crippen molar-refractivity contribution in [2.45, 2.75) is 6.04 Å². The number of carbonyl (C=O) groups excluding carboxylic acids is 1. The van der Waals surface area contributed by atoms with Crippen LogP contribution in [0.2, 0.25) is 0 Å². The molecular weight excluding hydrogens is 258 g/mol. The lowest BCUT2D eigenvalue weighted by atomic mass is 10.1. The number of hydrogen-bond acceptors (Lipinski definition) is 5. The molecule has 20 heavy (non-hydrogen) atoms. The van der Waals surface area contributed by atoms with Crippen molar-refractivity contribution >= 4 is 5.91 Å². The van der Waals surface area contributed by atoms with Crippen LogP contribution in [0.15, 0.2) is 18.3 Å². The molecule has 1 fully saturated rings. The standard InChI is InChI=1S/C14H17N3O3/c15-5-1-3-11-4-2-6-16-13(11)14(19)17-7-8-20-10-12(17)9-18/h2,4,6,12,18H,5,7-10,15H2. The van der Waals surface area contributed by atoms with Crippen molar-refractivity contribution in [3.63, 3.8) is 0 Å². The van der Waals surface area contributed by atoms with E-state index in [4.69, 9.17) is 10.5 Å². The van der Waals surface area contributed by atoms with Crippen LogP contribution in [0.1, 0.15) is 16.1 Å². The molecule has 1 amide bonds. The van der Waals surface area contributed by atoms with Crippen LogP contribution in [0.25, 0.3) is 0 Å². The number of pyridine rings is 1. The monoisotopic (exact) mass is 275 g/mol. The highest BCUT2D eigenvalue weighted by molar-refractivity contribution is 5.95. The molecule has 2 heterocycles. The first kappa shape index (κ1) is 14.5. The molecule has 3 N–H and O–H groups in total. The predicted octanol–water partition coefficient (Wildman–Crippen LogP) is -0.775. The average Bonchev–Trinajstić information content (AvgIpc) is 2.52. The summed E-state index contributed by atoms with van der Waals surface area (Å²) >= 11 is 0. The first-order chi connectivity index (χ1) is 9.77. The van der Waals surface area contributed by atoms with Crippen LogP contribution in [0.4, 0.5) is 0 Å². The van der Waals surface area contributed by atoms with Gasteiger partial charge < -0.3 is 20.5 Å². The molecule has 2 rings (SSSR count). The fourth-order valence-electron chi connectivity index (χ4n) is 2.03. The Bertz CT molecular complexity index is 536. The molecule has 106 valence electrons. The summed E-state index contributed by atoms with van der Waals surface area (Å²) < 4.78 is 5.27. The number of ether oxygens (including phenoxy) is 1. The highest BCUT2D eigenvalue weighted by Gasteiger charge is 2.29. The molecular formula is C14H17N3O3. The van der Waals surface area contributed by atoms with E-state index >= 15 is 0 Å². The van der Waals surface area contributed by atoms with Crippen LogP contribution >= 0.6 is 0 Å². The van der Waals surface area contributed by atoms with E-state index in [2.05, 4.69) is 16.8 Å². The minimum atomic E-state index is -0.339.